The lowest BCUT2D eigenvalue weighted by Gasteiger charge is -2.24. The molecular formula is C12H8N2O. The zero-order chi connectivity index (χ0) is 10.3. The highest BCUT2D eigenvalue weighted by Gasteiger charge is 2.28. The smallest absolute Gasteiger partial charge is 0.267 e. The first-order valence-corrected chi connectivity index (χ1v) is 4.78. The Labute approximate surface area is 86.9 Å². The van der Waals surface area contributed by atoms with E-state index in [1.165, 1.54) is 0 Å². The number of fused-ring (bicyclic) bond motifs is 3. The summed E-state index contributed by atoms with van der Waals surface area (Å²) in [5.74, 6) is -0.0797. The van der Waals surface area contributed by atoms with Crippen LogP contribution in [0.2, 0.25) is 0 Å². The van der Waals surface area contributed by atoms with Crippen LogP contribution in [0.25, 0.3) is 0 Å². The Morgan fingerprint density at radius 2 is 2.20 bits per heavy atom. The van der Waals surface area contributed by atoms with Crippen molar-refractivity contribution in [2.75, 3.05) is 0 Å². The maximum Gasteiger partial charge on any atom is 0.278 e. The van der Waals surface area contributed by atoms with Crippen molar-refractivity contribution in [1.82, 2.24) is 0 Å². The van der Waals surface area contributed by atoms with Crippen LogP contribution in [0.1, 0.15) is 0 Å². The lowest BCUT2D eigenvalue weighted by molar-refractivity contribution is -0.114. The molecule has 3 aliphatic rings. The molecule has 0 spiro atoms. The molecule has 0 N–H and O–H groups in total. The summed E-state index contributed by atoms with van der Waals surface area (Å²) in [7, 11) is 0. The number of carbonyl (C=O) groups excluding carboxylic acids is 1. The number of hydrogen-bond acceptors (Lipinski definition) is 2. The molecule has 0 aromatic carbocycles. The van der Waals surface area contributed by atoms with Crippen LogP contribution in [0.3, 0.4) is 0 Å². The molecule has 1 aliphatic carbocycles. The minimum absolute atomic E-state index is 0.116. The first-order chi connectivity index (χ1) is 7.36. The van der Waals surface area contributed by atoms with Crippen molar-refractivity contribution in [1.29, 1.82) is 0 Å². The molecule has 1 unspecified atom stereocenters. The largest absolute Gasteiger partial charge is 0.278 e. The second kappa shape index (κ2) is 2.98. The van der Waals surface area contributed by atoms with Crippen LogP contribution in [-0.2, 0) is 4.79 Å². The zero-order valence-electron chi connectivity index (χ0n) is 7.92. The SMILES string of the molecule is O=C1N=CC=C2C1=CN=C1C=CC=CC21. The van der Waals surface area contributed by atoms with Crippen molar-refractivity contribution in [2.45, 2.75) is 0 Å². The van der Waals surface area contributed by atoms with Crippen LogP contribution in [0.4, 0.5) is 0 Å². The molecule has 0 bridgehead atoms. The van der Waals surface area contributed by atoms with Crippen molar-refractivity contribution >= 4 is 17.8 Å². The summed E-state index contributed by atoms with van der Waals surface area (Å²) in [5, 5.41) is 0. The van der Waals surface area contributed by atoms with Crippen molar-refractivity contribution < 1.29 is 4.79 Å². The van der Waals surface area contributed by atoms with E-state index in [2.05, 4.69) is 9.98 Å². The van der Waals surface area contributed by atoms with Crippen molar-refractivity contribution in [3.05, 3.63) is 47.7 Å². The minimum Gasteiger partial charge on any atom is -0.267 e. The quantitative estimate of drug-likeness (QED) is 0.580. The third kappa shape index (κ3) is 1.16. The number of amides is 1. The van der Waals surface area contributed by atoms with Gasteiger partial charge in [-0.3, -0.25) is 9.79 Å². The van der Waals surface area contributed by atoms with Crippen LogP contribution in [0.15, 0.2) is 57.7 Å². The molecule has 0 saturated carbocycles. The summed E-state index contributed by atoms with van der Waals surface area (Å²) in [6, 6.07) is 0. The zero-order valence-corrected chi connectivity index (χ0v) is 7.92. The predicted molar refractivity (Wildman–Crippen MR) is 58.9 cm³/mol. The number of allylic oxidation sites excluding steroid dienone is 5. The Morgan fingerprint density at radius 3 is 3.13 bits per heavy atom. The second-order valence-corrected chi connectivity index (χ2v) is 3.52. The second-order valence-electron chi connectivity index (χ2n) is 3.52. The molecule has 0 radical (unpaired) electrons. The van der Waals surface area contributed by atoms with Crippen LogP contribution in [-0.4, -0.2) is 17.8 Å². The summed E-state index contributed by atoms with van der Waals surface area (Å²) >= 11 is 0. The molecule has 0 aromatic heterocycles. The fourth-order valence-corrected chi connectivity index (χ4v) is 1.93. The van der Waals surface area contributed by atoms with Gasteiger partial charge in [0, 0.05) is 18.3 Å². The summed E-state index contributed by atoms with van der Waals surface area (Å²) in [5.41, 5.74) is 2.60. The monoisotopic (exact) mass is 196 g/mol. The van der Waals surface area contributed by atoms with E-state index in [0.717, 1.165) is 11.3 Å². The summed E-state index contributed by atoms with van der Waals surface area (Å²) in [6.45, 7) is 0. The van der Waals surface area contributed by atoms with Gasteiger partial charge in [0.15, 0.2) is 0 Å². The Balaban J connectivity index is 2.16. The highest BCUT2D eigenvalue weighted by Crippen LogP contribution is 2.31. The maximum absolute atomic E-state index is 11.5. The average Bonchev–Trinajstić information content (AvgIpc) is 2.29. The van der Waals surface area contributed by atoms with E-state index >= 15 is 0 Å². The minimum atomic E-state index is -0.196. The molecule has 3 heteroatoms. The number of rotatable bonds is 0. The molecule has 0 aromatic rings. The number of aliphatic imine (C=N–C) groups is 2. The molecule has 2 heterocycles. The first kappa shape index (κ1) is 8.29. The van der Waals surface area contributed by atoms with Gasteiger partial charge >= 0.3 is 0 Å². The van der Waals surface area contributed by atoms with Gasteiger partial charge in [-0.2, -0.15) is 0 Å². The third-order valence-corrected chi connectivity index (χ3v) is 2.67. The number of nitrogens with zero attached hydrogens (tertiary/aromatic N) is 2. The normalized spacial score (nSPS) is 26.5. The molecule has 3 rings (SSSR count). The van der Waals surface area contributed by atoms with Gasteiger partial charge in [0.05, 0.1) is 11.3 Å². The standard InChI is InChI=1S/C12H8N2O/c15-12-10-7-14-11-4-2-1-3-9(11)8(10)5-6-13-12/h1-7,9H. The molecule has 2 aliphatic heterocycles. The van der Waals surface area contributed by atoms with Gasteiger partial charge in [-0.1, -0.05) is 18.2 Å². The van der Waals surface area contributed by atoms with Gasteiger partial charge in [0.25, 0.3) is 5.91 Å². The Hall–Kier alpha value is -2.03. The van der Waals surface area contributed by atoms with Gasteiger partial charge in [0.2, 0.25) is 0 Å². The molecular weight excluding hydrogens is 188 g/mol. The van der Waals surface area contributed by atoms with E-state index in [0.29, 0.717) is 5.57 Å². The number of carbonyl (C=O) groups is 1. The van der Waals surface area contributed by atoms with E-state index in [1.807, 2.05) is 30.4 Å². The Kier molecular flexibility index (Phi) is 1.65. The number of dihydropyridines is 1. The topological polar surface area (TPSA) is 41.8 Å². The lowest BCUT2D eigenvalue weighted by atomic mass is 9.83. The Morgan fingerprint density at radius 1 is 1.27 bits per heavy atom. The van der Waals surface area contributed by atoms with E-state index < -0.39 is 0 Å². The summed E-state index contributed by atoms with van der Waals surface area (Å²) in [4.78, 5) is 19.5. The van der Waals surface area contributed by atoms with Gasteiger partial charge in [-0.05, 0) is 17.7 Å². The van der Waals surface area contributed by atoms with Crippen LogP contribution < -0.4 is 0 Å². The summed E-state index contributed by atoms with van der Waals surface area (Å²) < 4.78 is 0. The van der Waals surface area contributed by atoms with Crippen LogP contribution in [0, 0.1) is 5.92 Å². The van der Waals surface area contributed by atoms with E-state index in [1.54, 1.807) is 12.4 Å². The molecule has 15 heavy (non-hydrogen) atoms. The number of hydrogen-bond donors (Lipinski definition) is 0. The molecule has 0 fully saturated rings. The van der Waals surface area contributed by atoms with Crippen LogP contribution >= 0.6 is 0 Å². The van der Waals surface area contributed by atoms with E-state index in [4.69, 9.17) is 0 Å². The van der Waals surface area contributed by atoms with Crippen molar-refractivity contribution in [3.8, 4) is 0 Å². The fourth-order valence-electron chi connectivity index (χ4n) is 1.93. The molecule has 72 valence electrons. The molecule has 1 amide bonds. The highest BCUT2D eigenvalue weighted by molar-refractivity contribution is 6.13. The summed E-state index contributed by atoms with van der Waals surface area (Å²) in [6.07, 6.45) is 13.0. The molecule has 3 nitrogen and oxygen atoms in total. The van der Waals surface area contributed by atoms with Crippen molar-refractivity contribution in [3.63, 3.8) is 0 Å². The Bertz CT molecular complexity index is 516. The van der Waals surface area contributed by atoms with E-state index in [9.17, 15) is 4.79 Å². The lowest BCUT2D eigenvalue weighted by Crippen LogP contribution is -2.23. The third-order valence-electron chi connectivity index (χ3n) is 2.67. The van der Waals surface area contributed by atoms with Crippen LogP contribution in [0.5, 0.6) is 0 Å². The van der Waals surface area contributed by atoms with E-state index in [-0.39, 0.29) is 11.8 Å². The predicted octanol–water partition coefficient (Wildman–Crippen LogP) is 1.60. The average molecular weight is 196 g/mol. The maximum atomic E-state index is 11.5. The fraction of sp³-hybridized carbons (Fsp3) is 0.0833. The molecule has 1 atom stereocenters. The molecule has 0 saturated heterocycles. The van der Waals surface area contributed by atoms with Crippen molar-refractivity contribution in [2.24, 2.45) is 15.9 Å². The van der Waals surface area contributed by atoms with Gasteiger partial charge in [-0.25, -0.2) is 4.99 Å². The first-order valence-electron chi connectivity index (χ1n) is 4.78. The van der Waals surface area contributed by atoms with Gasteiger partial charge < -0.3 is 0 Å². The van der Waals surface area contributed by atoms with Gasteiger partial charge in [0.1, 0.15) is 0 Å². The van der Waals surface area contributed by atoms with Gasteiger partial charge in [-0.15, -0.1) is 0 Å². The highest BCUT2D eigenvalue weighted by atomic mass is 16.1.